The average molecular weight is 229 g/mol. The molecule has 0 aliphatic carbocycles. The van der Waals surface area contributed by atoms with Gasteiger partial charge in [-0.2, -0.15) is 5.26 Å². The van der Waals surface area contributed by atoms with E-state index in [0.717, 1.165) is 32.5 Å². The van der Waals surface area contributed by atoms with E-state index in [0.29, 0.717) is 0 Å². The van der Waals surface area contributed by atoms with Crippen LogP contribution in [0.2, 0.25) is 0 Å². The molecule has 1 aliphatic heterocycles. The molecule has 1 saturated heterocycles. The fourth-order valence-electron chi connectivity index (χ4n) is 2.45. The second kappa shape index (κ2) is 5.20. The Morgan fingerprint density at radius 1 is 1.29 bits per heavy atom. The molecule has 0 unspecified atom stereocenters. The Bertz CT molecular complexity index is 386. The van der Waals surface area contributed by atoms with Gasteiger partial charge < -0.3 is 4.90 Å². The maximum absolute atomic E-state index is 9.30. The number of anilines is 1. The summed E-state index contributed by atoms with van der Waals surface area (Å²) in [6.07, 6.45) is 1.79. The van der Waals surface area contributed by atoms with Crippen LogP contribution in [0.1, 0.15) is 19.8 Å². The lowest BCUT2D eigenvalue weighted by Gasteiger charge is -2.38. The largest absolute Gasteiger partial charge is 0.371 e. The highest BCUT2D eigenvalue weighted by atomic mass is 15.2. The van der Waals surface area contributed by atoms with E-state index in [-0.39, 0.29) is 5.54 Å². The molecule has 1 aromatic carbocycles. The molecule has 2 rings (SSSR count). The van der Waals surface area contributed by atoms with Crippen LogP contribution in [0.3, 0.4) is 0 Å². The average Bonchev–Trinajstić information content (AvgIpc) is 2.41. The van der Waals surface area contributed by atoms with Crippen molar-refractivity contribution in [2.75, 3.05) is 24.5 Å². The van der Waals surface area contributed by atoms with Crippen molar-refractivity contribution in [3.8, 4) is 6.07 Å². The lowest BCUT2D eigenvalue weighted by atomic mass is 9.88. The molecule has 1 heterocycles. The summed E-state index contributed by atoms with van der Waals surface area (Å²) in [6, 6.07) is 12.9. The molecule has 0 bridgehead atoms. The number of nitriles is 1. The second-order valence-corrected chi connectivity index (χ2v) is 4.55. The van der Waals surface area contributed by atoms with Crippen molar-refractivity contribution < 1.29 is 0 Å². The maximum atomic E-state index is 9.30. The van der Waals surface area contributed by atoms with E-state index in [1.54, 1.807) is 0 Å². The van der Waals surface area contributed by atoms with Gasteiger partial charge in [0.2, 0.25) is 0 Å². The predicted molar refractivity (Wildman–Crippen MR) is 69.9 cm³/mol. The molecule has 1 fully saturated rings. The molecule has 0 radical (unpaired) electrons. The van der Waals surface area contributed by atoms with Crippen molar-refractivity contribution in [2.24, 2.45) is 0 Å². The van der Waals surface area contributed by atoms with Gasteiger partial charge in [-0.15, -0.1) is 0 Å². The van der Waals surface area contributed by atoms with E-state index >= 15 is 0 Å². The molecule has 3 heteroatoms. The number of para-hydroxylation sites is 1. The number of piperidine rings is 1. The summed E-state index contributed by atoms with van der Waals surface area (Å²) in [5.41, 5.74) is 0.954. The van der Waals surface area contributed by atoms with Crippen LogP contribution >= 0.6 is 0 Å². The van der Waals surface area contributed by atoms with Crippen LogP contribution in [0.5, 0.6) is 0 Å². The Kier molecular flexibility index (Phi) is 3.65. The molecular weight excluding hydrogens is 210 g/mol. The molecule has 3 nitrogen and oxygen atoms in total. The van der Waals surface area contributed by atoms with Crippen molar-refractivity contribution in [1.29, 1.82) is 5.26 Å². The summed E-state index contributed by atoms with van der Waals surface area (Å²) in [6.45, 7) is 4.82. The SMILES string of the molecule is CCNC1(C#N)CCN(c2ccccc2)CC1. The Balaban J connectivity index is 2.01. The minimum absolute atomic E-state index is 0.306. The van der Waals surface area contributed by atoms with Gasteiger partial charge in [-0.1, -0.05) is 25.1 Å². The highest BCUT2D eigenvalue weighted by Crippen LogP contribution is 2.25. The molecule has 0 atom stereocenters. The second-order valence-electron chi connectivity index (χ2n) is 4.55. The van der Waals surface area contributed by atoms with Gasteiger partial charge in [-0.05, 0) is 31.5 Å². The number of hydrogen-bond acceptors (Lipinski definition) is 3. The zero-order valence-corrected chi connectivity index (χ0v) is 10.3. The molecule has 0 amide bonds. The zero-order chi connectivity index (χ0) is 12.1. The molecular formula is C14H19N3. The molecule has 1 aromatic rings. The van der Waals surface area contributed by atoms with E-state index in [4.69, 9.17) is 0 Å². The van der Waals surface area contributed by atoms with Crippen LogP contribution in [0, 0.1) is 11.3 Å². The first-order chi connectivity index (χ1) is 8.29. The number of rotatable bonds is 3. The molecule has 90 valence electrons. The van der Waals surface area contributed by atoms with Crippen LogP contribution < -0.4 is 10.2 Å². The fourth-order valence-corrected chi connectivity index (χ4v) is 2.45. The van der Waals surface area contributed by atoms with Crippen molar-refractivity contribution in [3.63, 3.8) is 0 Å². The smallest absolute Gasteiger partial charge is 0.110 e. The van der Waals surface area contributed by atoms with Crippen molar-refractivity contribution >= 4 is 5.69 Å². The first kappa shape index (κ1) is 11.9. The van der Waals surface area contributed by atoms with Gasteiger partial charge in [0.1, 0.15) is 5.54 Å². The number of benzene rings is 1. The Hall–Kier alpha value is -1.53. The maximum Gasteiger partial charge on any atom is 0.110 e. The highest BCUT2D eigenvalue weighted by Gasteiger charge is 2.33. The minimum Gasteiger partial charge on any atom is -0.371 e. The summed E-state index contributed by atoms with van der Waals surface area (Å²) in [5.74, 6) is 0. The Morgan fingerprint density at radius 3 is 2.47 bits per heavy atom. The standard InChI is InChI=1S/C14H19N3/c1-2-16-14(12-15)8-10-17(11-9-14)13-6-4-3-5-7-13/h3-7,16H,2,8-11H2,1H3. The summed E-state index contributed by atoms with van der Waals surface area (Å²) >= 11 is 0. The van der Waals surface area contributed by atoms with E-state index in [2.05, 4.69) is 47.5 Å². The number of nitrogens with zero attached hydrogens (tertiary/aromatic N) is 2. The summed E-state index contributed by atoms with van der Waals surface area (Å²) in [5, 5.41) is 12.6. The molecule has 0 spiro atoms. The summed E-state index contributed by atoms with van der Waals surface area (Å²) < 4.78 is 0. The molecule has 0 aromatic heterocycles. The van der Waals surface area contributed by atoms with Gasteiger partial charge >= 0.3 is 0 Å². The lowest BCUT2D eigenvalue weighted by Crippen LogP contribution is -2.52. The third-order valence-electron chi connectivity index (χ3n) is 3.47. The van der Waals surface area contributed by atoms with Gasteiger partial charge in [0.15, 0.2) is 0 Å². The third kappa shape index (κ3) is 2.59. The predicted octanol–water partition coefficient (Wildman–Crippen LogP) is 2.16. The van der Waals surface area contributed by atoms with Gasteiger partial charge in [0.05, 0.1) is 6.07 Å². The highest BCUT2D eigenvalue weighted by molar-refractivity contribution is 5.46. The fraction of sp³-hybridized carbons (Fsp3) is 0.500. The summed E-state index contributed by atoms with van der Waals surface area (Å²) in [7, 11) is 0. The first-order valence-electron chi connectivity index (χ1n) is 6.26. The Labute approximate surface area is 103 Å². The van der Waals surface area contributed by atoms with Crippen LogP contribution in [0.4, 0.5) is 5.69 Å². The van der Waals surface area contributed by atoms with Gasteiger partial charge in [0, 0.05) is 18.8 Å². The van der Waals surface area contributed by atoms with Crippen molar-refractivity contribution in [1.82, 2.24) is 5.32 Å². The summed E-state index contributed by atoms with van der Waals surface area (Å²) in [4.78, 5) is 2.35. The van der Waals surface area contributed by atoms with Gasteiger partial charge in [-0.3, -0.25) is 5.32 Å². The molecule has 1 aliphatic rings. The molecule has 1 N–H and O–H groups in total. The minimum atomic E-state index is -0.306. The van der Waals surface area contributed by atoms with Crippen molar-refractivity contribution in [2.45, 2.75) is 25.3 Å². The van der Waals surface area contributed by atoms with Crippen LogP contribution in [-0.4, -0.2) is 25.2 Å². The van der Waals surface area contributed by atoms with Crippen LogP contribution in [-0.2, 0) is 0 Å². The van der Waals surface area contributed by atoms with Crippen LogP contribution in [0.15, 0.2) is 30.3 Å². The first-order valence-corrected chi connectivity index (χ1v) is 6.26. The monoisotopic (exact) mass is 229 g/mol. The third-order valence-corrected chi connectivity index (χ3v) is 3.47. The van der Waals surface area contributed by atoms with Crippen LogP contribution in [0.25, 0.3) is 0 Å². The van der Waals surface area contributed by atoms with E-state index < -0.39 is 0 Å². The quantitative estimate of drug-likeness (QED) is 0.863. The molecule has 0 saturated carbocycles. The molecule has 17 heavy (non-hydrogen) atoms. The van der Waals surface area contributed by atoms with E-state index in [1.165, 1.54) is 5.69 Å². The van der Waals surface area contributed by atoms with Gasteiger partial charge in [0.25, 0.3) is 0 Å². The van der Waals surface area contributed by atoms with Gasteiger partial charge in [-0.25, -0.2) is 0 Å². The Morgan fingerprint density at radius 2 is 1.94 bits per heavy atom. The van der Waals surface area contributed by atoms with E-state index in [1.807, 2.05) is 6.07 Å². The number of hydrogen-bond donors (Lipinski definition) is 1. The topological polar surface area (TPSA) is 39.1 Å². The van der Waals surface area contributed by atoms with Crippen molar-refractivity contribution in [3.05, 3.63) is 30.3 Å². The number of nitrogens with one attached hydrogen (secondary N) is 1. The lowest BCUT2D eigenvalue weighted by molar-refractivity contribution is 0.339. The van der Waals surface area contributed by atoms with E-state index in [9.17, 15) is 5.26 Å². The zero-order valence-electron chi connectivity index (χ0n) is 10.3. The normalized spacial score (nSPS) is 18.7.